The Balaban J connectivity index is 1.34. The lowest BCUT2D eigenvalue weighted by Crippen LogP contribution is -2.37. The fraction of sp³-hybridized carbons (Fsp3) is 0.300. The van der Waals surface area contributed by atoms with Crippen molar-refractivity contribution in [1.82, 2.24) is 10.6 Å². The molecular weight excluding hydrogens is 366 g/mol. The summed E-state index contributed by atoms with van der Waals surface area (Å²) in [7, 11) is 0. The predicted octanol–water partition coefficient (Wildman–Crippen LogP) is 3.57. The van der Waals surface area contributed by atoms with E-state index in [0.717, 1.165) is 24.1 Å². The molecule has 0 bridgehead atoms. The molecule has 1 aliphatic rings. The number of benzene rings is 2. The third-order valence-electron chi connectivity index (χ3n) is 4.07. The molecule has 0 radical (unpaired) electrons. The maximum atomic E-state index is 11.9. The fourth-order valence-electron chi connectivity index (χ4n) is 2.46. The number of halogens is 1. The Morgan fingerprint density at radius 2 is 1.85 bits per heavy atom. The van der Waals surface area contributed by atoms with Gasteiger partial charge in [0.15, 0.2) is 0 Å². The van der Waals surface area contributed by atoms with Crippen LogP contribution in [0, 0.1) is 5.92 Å². The molecule has 7 heteroatoms. The second-order valence-corrected chi connectivity index (χ2v) is 6.81. The molecule has 0 aromatic heterocycles. The van der Waals surface area contributed by atoms with Gasteiger partial charge >= 0.3 is 6.03 Å². The van der Waals surface area contributed by atoms with Crippen molar-refractivity contribution in [2.24, 2.45) is 5.92 Å². The number of nitrogens with one attached hydrogen (secondary N) is 3. The molecule has 0 heterocycles. The molecule has 0 atom stereocenters. The number of urea groups is 1. The van der Waals surface area contributed by atoms with Crippen molar-refractivity contribution >= 4 is 29.2 Å². The van der Waals surface area contributed by atoms with Crippen LogP contribution in [0.3, 0.4) is 0 Å². The number of ether oxygens (including phenoxy) is 1. The van der Waals surface area contributed by atoms with Crippen LogP contribution in [-0.4, -0.2) is 25.1 Å². The van der Waals surface area contributed by atoms with Gasteiger partial charge < -0.3 is 20.7 Å². The molecule has 1 saturated carbocycles. The molecule has 2 aromatic rings. The molecule has 0 saturated heterocycles. The third-order valence-corrected chi connectivity index (χ3v) is 4.32. The van der Waals surface area contributed by atoms with E-state index in [2.05, 4.69) is 16.0 Å². The summed E-state index contributed by atoms with van der Waals surface area (Å²) >= 11 is 5.81. The molecule has 2 aromatic carbocycles. The van der Waals surface area contributed by atoms with E-state index in [1.54, 1.807) is 24.3 Å². The van der Waals surface area contributed by atoms with E-state index in [0.29, 0.717) is 30.5 Å². The summed E-state index contributed by atoms with van der Waals surface area (Å²) < 4.78 is 5.51. The second kappa shape index (κ2) is 9.28. The summed E-state index contributed by atoms with van der Waals surface area (Å²) in [6.45, 7) is 1.11. The second-order valence-electron chi connectivity index (χ2n) is 6.38. The van der Waals surface area contributed by atoms with Gasteiger partial charge in [-0.2, -0.15) is 0 Å². The minimum atomic E-state index is -0.276. The molecule has 0 aliphatic heterocycles. The van der Waals surface area contributed by atoms with Crippen LogP contribution < -0.4 is 20.7 Å². The first-order chi connectivity index (χ1) is 13.1. The van der Waals surface area contributed by atoms with Gasteiger partial charge in [-0.15, -0.1) is 0 Å². The first-order valence-electron chi connectivity index (χ1n) is 8.90. The van der Waals surface area contributed by atoms with Gasteiger partial charge in [0.05, 0.1) is 6.54 Å². The molecule has 27 heavy (non-hydrogen) atoms. The molecular formula is C20H22ClN3O3. The van der Waals surface area contributed by atoms with Crippen LogP contribution in [0.25, 0.3) is 0 Å². The molecule has 0 spiro atoms. The van der Waals surface area contributed by atoms with Gasteiger partial charge in [-0.3, -0.25) is 4.79 Å². The van der Waals surface area contributed by atoms with Crippen molar-refractivity contribution in [3.8, 4) is 5.75 Å². The highest BCUT2D eigenvalue weighted by atomic mass is 35.5. The first-order valence-corrected chi connectivity index (χ1v) is 9.28. The zero-order valence-corrected chi connectivity index (χ0v) is 15.6. The van der Waals surface area contributed by atoms with E-state index in [-0.39, 0.29) is 17.9 Å². The van der Waals surface area contributed by atoms with Gasteiger partial charge in [-0.05, 0) is 54.8 Å². The van der Waals surface area contributed by atoms with Crippen LogP contribution in [-0.2, 0) is 11.3 Å². The van der Waals surface area contributed by atoms with Crippen molar-refractivity contribution in [1.29, 1.82) is 0 Å². The largest absolute Gasteiger partial charge is 0.492 e. The summed E-state index contributed by atoms with van der Waals surface area (Å²) in [5.41, 5.74) is 1.67. The van der Waals surface area contributed by atoms with Gasteiger partial charge in [0, 0.05) is 23.2 Å². The normalized spacial score (nSPS) is 12.9. The SMILES string of the molecule is O=C(NCCOc1ccc(Cl)cc1)NCc1cccc(NC(=O)C2CC2)c1. The van der Waals surface area contributed by atoms with Gasteiger partial charge in [0.2, 0.25) is 5.91 Å². The average molecular weight is 388 g/mol. The molecule has 1 aliphatic carbocycles. The molecule has 6 nitrogen and oxygen atoms in total. The lowest BCUT2D eigenvalue weighted by Gasteiger charge is -2.10. The van der Waals surface area contributed by atoms with Crippen LogP contribution in [0.2, 0.25) is 5.02 Å². The summed E-state index contributed by atoms with van der Waals surface area (Å²) in [4.78, 5) is 23.7. The highest BCUT2D eigenvalue weighted by Gasteiger charge is 2.29. The molecule has 0 unspecified atom stereocenters. The standard InChI is InChI=1S/C20H22ClN3O3/c21-16-6-8-18(9-7-16)27-11-10-22-20(26)23-13-14-2-1-3-17(12-14)24-19(25)15-4-5-15/h1-3,6-9,12,15H,4-5,10-11,13H2,(H,24,25)(H2,22,23,26). The number of amides is 3. The van der Waals surface area contributed by atoms with Crippen molar-refractivity contribution in [3.05, 3.63) is 59.1 Å². The van der Waals surface area contributed by atoms with E-state index in [4.69, 9.17) is 16.3 Å². The van der Waals surface area contributed by atoms with Crippen LogP contribution in [0.1, 0.15) is 18.4 Å². The summed E-state index contributed by atoms with van der Waals surface area (Å²) in [5.74, 6) is 0.929. The minimum Gasteiger partial charge on any atom is -0.492 e. The predicted molar refractivity (Wildman–Crippen MR) is 105 cm³/mol. The van der Waals surface area contributed by atoms with Gasteiger partial charge in [0.1, 0.15) is 12.4 Å². The monoisotopic (exact) mass is 387 g/mol. The lowest BCUT2D eigenvalue weighted by molar-refractivity contribution is -0.117. The van der Waals surface area contributed by atoms with E-state index in [1.807, 2.05) is 24.3 Å². The van der Waals surface area contributed by atoms with E-state index in [9.17, 15) is 9.59 Å². The first kappa shape index (κ1) is 19.0. The quantitative estimate of drug-likeness (QED) is 0.606. The zero-order valence-electron chi connectivity index (χ0n) is 14.8. The van der Waals surface area contributed by atoms with E-state index < -0.39 is 0 Å². The Morgan fingerprint density at radius 1 is 1.07 bits per heavy atom. The Morgan fingerprint density at radius 3 is 2.59 bits per heavy atom. The zero-order chi connectivity index (χ0) is 19.1. The minimum absolute atomic E-state index is 0.0681. The van der Waals surface area contributed by atoms with Crippen molar-refractivity contribution in [3.63, 3.8) is 0 Å². The van der Waals surface area contributed by atoms with Crippen LogP contribution in [0.15, 0.2) is 48.5 Å². The summed E-state index contributed by atoms with van der Waals surface area (Å²) in [6, 6.07) is 14.2. The van der Waals surface area contributed by atoms with Gasteiger partial charge in [-0.1, -0.05) is 23.7 Å². The Labute approximate surface area is 163 Å². The number of hydrogen-bond acceptors (Lipinski definition) is 3. The average Bonchev–Trinajstić information content (AvgIpc) is 3.51. The van der Waals surface area contributed by atoms with E-state index in [1.165, 1.54) is 0 Å². The Bertz CT molecular complexity index is 791. The molecule has 1 fully saturated rings. The maximum absolute atomic E-state index is 11.9. The number of rotatable bonds is 8. The van der Waals surface area contributed by atoms with Gasteiger partial charge in [0.25, 0.3) is 0 Å². The summed E-state index contributed by atoms with van der Waals surface area (Å²) in [5, 5.41) is 9.07. The number of anilines is 1. The summed E-state index contributed by atoms with van der Waals surface area (Å²) in [6.07, 6.45) is 1.93. The van der Waals surface area contributed by atoms with Crippen molar-refractivity contribution < 1.29 is 14.3 Å². The number of carbonyl (C=O) groups is 2. The Kier molecular flexibility index (Phi) is 6.54. The Hall–Kier alpha value is -2.73. The van der Waals surface area contributed by atoms with Crippen LogP contribution in [0.4, 0.5) is 10.5 Å². The third kappa shape index (κ3) is 6.49. The van der Waals surface area contributed by atoms with Gasteiger partial charge in [-0.25, -0.2) is 4.79 Å². The van der Waals surface area contributed by atoms with Crippen molar-refractivity contribution in [2.75, 3.05) is 18.5 Å². The smallest absolute Gasteiger partial charge is 0.315 e. The highest BCUT2D eigenvalue weighted by Crippen LogP contribution is 2.30. The highest BCUT2D eigenvalue weighted by molar-refractivity contribution is 6.30. The fourth-order valence-corrected chi connectivity index (χ4v) is 2.58. The molecule has 3 N–H and O–H groups in total. The topological polar surface area (TPSA) is 79.5 Å². The maximum Gasteiger partial charge on any atom is 0.315 e. The molecule has 142 valence electrons. The van der Waals surface area contributed by atoms with Crippen molar-refractivity contribution in [2.45, 2.75) is 19.4 Å². The molecule has 3 rings (SSSR count). The number of carbonyl (C=O) groups excluding carboxylic acids is 2. The lowest BCUT2D eigenvalue weighted by atomic mass is 10.2. The van der Waals surface area contributed by atoms with E-state index >= 15 is 0 Å². The van der Waals surface area contributed by atoms with Crippen LogP contribution in [0.5, 0.6) is 5.75 Å². The number of hydrogen-bond donors (Lipinski definition) is 3. The molecule has 3 amide bonds. The van der Waals surface area contributed by atoms with Crippen LogP contribution >= 0.6 is 11.6 Å².